The maximum atomic E-state index is 5.98. The number of nitrogens with two attached hydrogens (primary N) is 1. The molecule has 0 saturated heterocycles. The zero-order valence-electron chi connectivity index (χ0n) is 11.0. The van der Waals surface area contributed by atoms with Crippen molar-refractivity contribution < 1.29 is 0 Å². The lowest BCUT2D eigenvalue weighted by Gasteiger charge is -2.14. The highest BCUT2D eigenvalue weighted by atomic mass is 32.1. The van der Waals surface area contributed by atoms with Crippen molar-refractivity contribution in [1.29, 1.82) is 0 Å². The third-order valence-electron chi connectivity index (χ3n) is 2.75. The van der Waals surface area contributed by atoms with Gasteiger partial charge in [-0.05, 0) is 36.0 Å². The molecule has 1 rings (SSSR count). The molecular formula is C15H22N2S. The standard InChI is InChI=1S/C15H22N2S/c1-3-15(18)7-6-13(2)12-14(16)8-11-17-9-4-5-10-17/h3-7,12,18H,2,8-11,16H2,1H3/b7-6-,14-12-,15-3+. The minimum atomic E-state index is 0.873. The number of rotatable bonds is 6. The highest BCUT2D eigenvalue weighted by molar-refractivity contribution is 7.84. The molecule has 0 aromatic carbocycles. The van der Waals surface area contributed by atoms with E-state index < -0.39 is 0 Å². The van der Waals surface area contributed by atoms with Gasteiger partial charge in [-0.3, -0.25) is 4.90 Å². The van der Waals surface area contributed by atoms with Gasteiger partial charge in [0.15, 0.2) is 0 Å². The molecule has 0 unspecified atom stereocenters. The van der Waals surface area contributed by atoms with Gasteiger partial charge in [0, 0.05) is 25.3 Å². The zero-order chi connectivity index (χ0) is 13.4. The topological polar surface area (TPSA) is 29.3 Å². The molecule has 0 aliphatic carbocycles. The molecule has 2 N–H and O–H groups in total. The second kappa shape index (κ2) is 8.01. The molecule has 1 heterocycles. The van der Waals surface area contributed by atoms with E-state index in [1.165, 1.54) is 0 Å². The maximum absolute atomic E-state index is 5.98. The molecule has 0 aromatic heterocycles. The molecule has 98 valence electrons. The second-order valence-corrected chi connectivity index (χ2v) is 4.84. The Morgan fingerprint density at radius 1 is 1.39 bits per heavy atom. The summed E-state index contributed by atoms with van der Waals surface area (Å²) in [5.74, 6) is 0. The quantitative estimate of drug-likeness (QED) is 0.438. The average molecular weight is 262 g/mol. The fourth-order valence-corrected chi connectivity index (χ4v) is 1.71. The van der Waals surface area contributed by atoms with Gasteiger partial charge in [-0.25, -0.2) is 0 Å². The van der Waals surface area contributed by atoms with Crippen LogP contribution < -0.4 is 5.73 Å². The van der Waals surface area contributed by atoms with E-state index in [4.69, 9.17) is 5.73 Å². The molecule has 0 amide bonds. The first-order valence-corrected chi connectivity index (χ1v) is 6.62. The minimum Gasteiger partial charge on any atom is -0.402 e. The van der Waals surface area contributed by atoms with Crippen molar-refractivity contribution in [2.45, 2.75) is 13.3 Å². The Morgan fingerprint density at radius 2 is 2.06 bits per heavy atom. The molecular weight excluding hydrogens is 240 g/mol. The van der Waals surface area contributed by atoms with E-state index >= 15 is 0 Å². The summed E-state index contributed by atoms with van der Waals surface area (Å²) < 4.78 is 0. The van der Waals surface area contributed by atoms with Crippen molar-refractivity contribution >= 4 is 12.6 Å². The number of hydrogen-bond donors (Lipinski definition) is 2. The fraction of sp³-hybridized carbons (Fsp3) is 0.333. The molecule has 0 spiro atoms. The van der Waals surface area contributed by atoms with Crippen LogP contribution in [0, 0.1) is 0 Å². The van der Waals surface area contributed by atoms with Crippen molar-refractivity contribution in [3.63, 3.8) is 0 Å². The molecule has 0 radical (unpaired) electrons. The lowest BCUT2D eigenvalue weighted by molar-refractivity contribution is 0.356. The van der Waals surface area contributed by atoms with E-state index in [1.54, 1.807) is 0 Å². The smallest absolute Gasteiger partial charge is 0.0167 e. The Hall–Kier alpha value is -1.19. The van der Waals surface area contributed by atoms with Crippen LogP contribution in [0.5, 0.6) is 0 Å². The van der Waals surface area contributed by atoms with Gasteiger partial charge in [0.05, 0.1) is 0 Å². The summed E-state index contributed by atoms with van der Waals surface area (Å²) in [6, 6.07) is 0. The Morgan fingerprint density at radius 3 is 2.67 bits per heavy atom. The molecule has 0 aromatic rings. The van der Waals surface area contributed by atoms with Crippen LogP contribution in [0.25, 0.3) is 0 Å². The molecule has 18 heavy (non-hydrogen) atoms. The summed E-state index contributed by atoms with van der Waals surface area (Å²) in [5.41, 5.74) is 7.75. The van der Waals surface area contributed by atoms with Gasteiger partial charge >= 0.3 is 0 Å². The maximum Gasteiger partial charge on any atom is 0.0167 e. The van der Waals surface area contributed by atoms with Gasteiger partial charge in [0.2, 0.25) is 0 Å². The van der Waals surface area contributed by atoms with Gasteiger partial charge in [0.1, 0.15) is 0 Å². The summed E-state index contributed by atoms with van der Waals surface area (Å²) in [4.78, 5) is 3.27. The number of allylic oxidation sites excluding steroid dienone is 5. The summed E-state index contributed by atoms with van der Waals surface area (Å²) in [7, 11) is 0. The lowest BCUT2D eigenvalue weighted by Crippen LogP contribution is -2.22. The van der Waals surface area contributed by atoms with E-state index in [9.17, 15) is 0 Å². The van der Waals surface area contributed by atoms with E-state index in [1.807, 2.05) is 31.2 Å². The molecule has 1 aliphatic heterocycles. The Kier molecular flexibility index (Phi) is 6.61. The normalized spacial score (nSPS) is 17.9. The molecule has 0 fully saturated rings. The molecule has 2 nitrogen and oxygen atoms in total. The summed E-state index contributed by atoms with van der Waals surface area (Å²) in [6.45, 7) is 8.98. The van der Waals surface area contributed by atoms with Gasteiger partial charge in [0.25, 0.3) is 0 Å². The van der Waals surface area contributed by atoms with E-state index in [2.05, 4.69) is 36.3 Å². The van der Waals surface area contributed by atoms with E-state index in [0.29, 0.717) is 0 Å². The van der Waals surface area contributed by atoms with Crippen molar-refractivity contribution in [1.82, 2.24) is 4.90 Å². The first-order valence-electron chi connectivity index (χ1n) is 6.17. The van der Waals surface area contributed by atoms with Crippen LogP contribution in [-0.4, -0.2) is 24.5 Å². The van der Waals surface area contributed by atoms with E-state index in [-0.39, 0.29) is 0 Å². The third kappa shape index (κ3) is 5.94. The molecule has 0 atom stereocenters. The summed E-state index contributed by atoms with van der Waals surface area (Å²) >= 11 is 4.26. The summed E-state index contributed by atoms with van der Waals surface area (Å²) in [6.07, 6.45) is 13.0. The molecule has 0 bridgehead atoms. The average Bonchev–Trinajstić information content (AvgIpc) is 2.86. The van der Waals surface area contributed by atoms with Gasteiger partial charge in [-0.2, -0.15) is 0 Å². The highest BCUT2D eigenvalue weighted by Crippen LogP contribution is 2.08. The first kappa shape index (κ1) is 14.9. The van der Waals surface area contributed by atoms with Gasteiger partial charge < -0.3 is 5.73 Å². The Labute approximate surface area is 116 Å². The number of hydrogen-bond acceptors (Lipinski definition) is 3. The predicted molar refractivity (Wildman–Crippen MR) is 83.5 cm³/mol. The minimum absolute atomic E-state index is 0.873. The largest absolute Gasteiger partial charge is 0.402 e. The Balaban J connectivity index is 2.35. The van der Waals surface area contributed by atoms with Crippen LogP contribution in [0.4, 0.5) is 0 Å². The number of thiol groups is 1. The lowest BCUT2D eigenvalue weighted by atomic mass is 10.2. The SMILES string of the molecule is C=C(/C=C\C(S)=C/C)/C=C(\N)CCN1CC=CC1. The predicted octanol–water partition coefficient (Wildman–Crippen LogP) is 3.04. The fourth-order valence-electron chi connectivity index (χ4n) is 1.64. The zero-order valence-corrected chi connectivity index (χ0v) is 11.9. The molecule has 0 saturated carbocycles. The summed E-state index contributed by atoms with van der Waals surface area (Å²) in [5, 5.41) is 0. The van der Waals surface area contributed by atoms with Crippen LogP contribution in [-0.2, 0) is 0 Å². The van der Waals surface area contributed by atoms with E-state index in [0.717, 1.165) is 42.2 Å². The Bertz CT molecular complexity index is 395. The van der Waals surface area contributed by atoms with Crippen LogP contribution in [0.2, 0.25) is 0 Å². The van der Waals surface area contributed by atoms with Crippen molar-refractivity contribution in [2.75, 3.05) is 19.6 Å². The van der Waals surface area contributed by atoms with Crippen molar-refractivity contribution in [3.05, 3.63) is 59.2 Å². The number of nitrogens with zero attached hydrogens (tertiary/aromatic N) is 1. The third-order valence-corrected chi connectivity index (χ3v) is 3.15. The van der Waals surface area contributed by atoms with Crippen LogP contribution in [0.1, 0.15) is 13.3 Å². The molecule has 3 heteroatoms. The van der Waals surface area contributed by atoms with Crippen molar-refractivity contribution in [3.8, 4) is 0 Å². The van der Waals surface area contributed by atoms with Crippen molar-refractivity contribution in [2.24, 2.45) is 5.73 Å². The highest BCUT2D eigenvalue weighted by Gasteiger charge is 2.05. The van der Waals surface area contributed by atoms with Crippen LogP contribution >= 0.6 is 12.6 Å². The first-order chi connectivity index (χ1) is 8.61. The van der Waals surface area contributed by atoms with Crippen LogP contribution in [0.15, 0.2) is 59.2 Å². The molecule has 1 aliphatic rings. The monoisotopic (exact) mass is 262 g/mol. The second-order valence-electron chi connectivity index (χ2n) is 4.32. The van der Waals surface area contributed by atoms with Gasteiger partial charge in [-0.1, -0.05) is 30.9 Å². The van der Waals surface area contributed by atoms with Crippen LogP contribution in [0.3, 0.4) is 0 Å². The van der Waals surface area contributed by atoms with Gasteiger partial charge in [-0.15, -0.1) is 12.6 Å².